The second kappa shape index (κ2) is 6.88. The van der Waals surface area contributed by atoms with Crippen LogP contribution in [0.2, 0.25) is 0 Å². The van der Waals surface area contributed by atoms with Crippen molar-refractivity contribution in [3.63, 3.8) is 0 Å². The predicted octanol–water partition coefficient (Wildman–Crippen LogP) is 0.607. The molecule has 0 fully saturated rings. The van der Waals surface area contributed by atoms with Crippen LogP contribution in [0.3, 0.4) is 0 Å². The topological polar surface area (TPSA) is 173 Å². The van der Waals surface area contributed by atoms with Gasteiger partial charge in [0.2, 0.25) is 0 Å². The second-order valence-electron chi connectivity index (χ2n) is 5.14. The molecule has 0 saturated carbocycles. The molecule has 0 spiro atoms. The van der Waals surface area contributed by atoms with E-state index >= 15 is 0 Å². The molecule has 0 aromatic heterocycles. The predicted molar refractivity (Wildman–Crippen MR) is 93.9 cm³/mol. The lowest BCUT2D eigenvalue weighted by atomic mass is 10.2. The molecular formula is C14H17N3O6S2. The highest BCUT2D eigenvalue weighted by Gasteiger charge is 2.17. The first kappa shape index (κ1) is 19.0. The average molecular weight is 387 g/mol. The van der Waals surface area contributed by atoms with Crippen LogP contribution in [-0.4, -0.2) is 38.9 Å². The molecule has 0 saturated heterocycles. The average Bonchev–Trinajstić information content (AvgIpc) is 2.49. The number of nitrogens with two attached hydrogens (primary N) is 2. The third kappa shape index (κ3) is 4.39. The van der Waals surface area contributed by atoms with E-state index in [9.17, 15) is 16.8 Å². The van der Waals surface area contributed by atoms with E-state index in [1.54, 1.807) is 0 Å². The lowest BCUT2D eigenvalue weighted by molar-refractivity contribution is 0.319. The highest BCUT2D eigenvalue weighted by molar-refractivity contribution is 7.91. The van der Waals surface area contributed by atoms with Crippen LogP contribution in [-0.2, 0) is 20.0 Å². The van der Waals surface area contributed by atoms with Crippen molar-refractivity contribution in [3.05, 3.63) is 36.4 Å². The molecule has 0 aliphatic heterocycles. The Balaban J connectivity index is 2.36. The number of anilines is 4. The first-order chi connectivity index (χ1) is 11.5. The molecule has 0 aliphatic rings. The van der Waals surface area contributed by atoms with Gasteiger partial charge in [-0.15, -0.1) is 0 Å². The van der Waals surface area contributed by atoms with E-state index < -0.39 is 37.2 Å². The summed E-state index contributed by atoms with van der Waals surface area (Å²) in [4.78, 5) is -0.501. The van der Waals surface area contributed by atoms with Crippen LogP contribution < -0.4 is 16.8 Å². The zero-order valence-corrected chi connectivity index (χ0v) is 14.5. The maximum Gasteiger partial charge on any atom is 0.296 e. The molecule has 0 radical (unpaired) electrons. The van der Waals surface area contributed by atoms with Crippen LogP contribution >= 0.6 is 0 Å². The number of aliphatic hydroxyl groups is 1. The normalized spacial score (nSPS) is 12.1. The Labute approximate surface area is 144 Å². The number of hydrogen-bond donors (Lipinski definition) is 5. The summed E-state index contributed by atoms with van der Waals surface area (Å²) in [7, 11) is -8.13. The lowest BCUT2D eigenvalue weighted by Gasteiger charge is -2.12. The molecule has 0 bridgehead atoms. The smallest absolute Gasteiger partial charge is 0.296 e. The fraction of sp³-hybridized carbons (Fsp3) is 0.143. The SMILES string of the molecule is Nc1cc(S(=O)(=O)CCO)ccc1Nc1ccc(N)c(S(=O)(=O)O)c1. The van der Waals surface area contributed by atoms with E-state index in [-0.39, 0.29) is 22.0 Å². The van der Waals surface area contributed by atoms with Crippen LogP contribution in [0.25, 0.3) is 0 Å². The summed E-state index contributed by atoms with van der Waals surface area (Å²) in [6.07, 6.45) is 0. The van der Waals surface area contributed by atoms with Gasteiger partial charge < -0.3 is 21.9 Å². The first-order valence-electron chi connectivity index (χ1n) is 6.92. The van der Waals surface area contributed by atoms with Crippen molar-refractivity contribution in [1.82, 2.24) is 0 Å². The quantitative estimate of drug-likeness (QED) is 0.351. The number of sulfone groups is 1. The van der Waals surface area contributed by atoms with Crippen LogP contribution in [0.4, 0.5) is 22.7 Å². The van der Waals surface area contributed by atoms with Gasteiger partial charge in [-0.3, -0.25) is 4.55 Å². The van der Waals surface area contributed by atoms with Crippen molar-refractivity contribution < 1.29 is 26.5 Å². The summed E-state index contributed by atoms with van der Waals surface area (Å²) in [6.45, 7) is -0.508. The minimum Gasteiger partial charge on any atom is -0.398 e. The molecule has 2 aromatic carbocycles. The Bertz CT molecular complexity index is 1000. The number of benzene rings is 2. The van der Waals surface area contributed by atoms with Gasteiger partial charge in [-0.25, -0.2) is 8.42 Å². The molecule has 0 heterocycles. The molecule has 136 valence electrons. The van der Waals surface area contributed by atoms with Crippen LogP contribution in [0.15, 0.2) is 46.2 Å². The lowest BCUT2D eigenvalue weighted by Crippen LogP contribution is -2.10. The number of nitrogens with one attached hydrogen (secondary N) is 1. The highest BCUT2D eigenvalue weighted by Crippen LogP contribution is 2.29. The summed E-state index contributed by atoms with van der Waals surface area (Å²) >= 11 is 0. The van der Waals surface area contributed by atoms with Gasteiger partial charge in [0.15, 0.2) is 9.84 Å². The van der Waals surface area contributed by atoms with E-state index in [0.29, 0.717) is 5.69 Å². The van der Waals surface area contributed by atoms with Crippen molar-refractivity contribution in [2.75, 3.05) is 29.1 Å². The Morgan fingerprint density at radius 3 is 2.20 bits per heavy atom. The van der Waals surface area contributed by atoms with Crippen molar-refractivity contribution in [2.45, 2.75) is 9.79 Å². The number of nitrogen functional groups attached to an aromatic ring is 2. The zero-order chi connectivity index (χ0) is 18.8. The van der Waals surface area contributed by atoms with Crippen LogP contribution in [0.1, 0.15) is 0 Å². The standard InChI is InChI=1S/C14H17N3O6S2/c15-11-3-1-9(7-14(11)25(21,22)23)17-13-4-2-10(8-12(13)16)24(19,20)6-5-18/h1-4,7-8,17-18H,5-6,15-16H2,(H,21,22,23). The van der Waals surface area contributed by atoms with Crippen LogP contribution in [0.5, 0.6) is 0 Å². The van der Waals surface area contributed by atoms with Crippen molar-refractivity contribution in [1.29, 1.82) is 0 Å². The summed E-state index contributed by atoms with van der Waals surface area (Å²) in [5, 5.41) is 11.6. The van der Waals surface area contributed by atoms with E-state index in [2.05, 4.69) is 5.32 Å². The number of aliphatic hydroxyl groups excluding tert-OH is 1. The van der Waals surface area contributed by atoms with Crippen LogP contribution in [0, 0.1) is 0 Å². The molecule has 25 heavy (non-hydrogen) atoms. The van der Waals surface area contributed by atoms with E-state index in [1.807, 2.05) is 0 Å². The summed E-state index contributed by atoms with van der Waals surface area (Å²) < 4.78 is 55.5. The Hall–Kier alpha value is -2.34. The minimum atomic E-state index is -4.49. The zero-order valence-electron chi connectivity index (χ0n) is 12.9. The Morgan fingerprint density at radius 2 is 1.64 bits per heavy atom. The van der Waals surface area contributed by atoms with E-state index in [0.717, 1.165) is 6.07 Å². The molecule has 11 heteroatoms. The third-order valence-electron chi connectivity index (χ3n) is 3.31. The largest absolute Gasteiger partial charge is 0.398 e. The number of rotatable bonds is 6. The molecular weight excluding hydrogens is 370 g/mol. The Morgan fingerprint density at radius 1 is 0.960 bits per heavy atom. The number of hydrogen-bond acceptors (Lipinski definition) is 8. The molecule has 7 N–H and O–H groups in total. The molecule has 0 atom stereocenters. The third-order valence-corrected chi connectivity index (χ3v) is 5.91. The maximum absolute atomic E-state index is 11.9. The maximum atomic E-state index is 11.9. The molecule has 0 aliphatic carbocycles. The van der Waals surface area contributed by atoms with Crippen molar-refractivity contribution in [2.24, 2.45) is 0 Å². The van der Waals surface area contributed by atoms with Gasteiger partial charge >= 0.3 is 0 Å². The van der Waals surface area contributed by atoms with Gasteiger partial charge in [0, 0.05) is 5.69 Å². The van der Waals surface area contributed by atoms with Gasteiger partial charge in [-0.05, 0) is 36.4 Å². The van der Waals surface area contributed by atoms with Crippen molar-refractivity contribution in [3.8, 4) is 0 Å². The first-order valence-corrected chi connectivity index (χ1v) is 10.0. The summed E-state index contributed by atoms with van der Waals surface area (Å²) in [5.41, 5.74) is 11.9. The molecule has 0 amide bonds. The van der Waals surface area contributed by atoms with Gasteiger partial charge in [0.1, 0.15) is 4.90 Å². The fourth-order valence-corrected chi connectivity index (χ4v) is 3.78. The van der Waals surface area contributed by atoms with Gasteiger partial charge in [0.25, 0.3) is 10.1 Å². The minimum absolute atomic E-state index is 0.0412. The molecule has 0 unspecified atom stereocenters. The van der Waals surface area contributed by atoms with E-state index in [4.69, 9.17) is 21.1 Å². The van der Waals surface area contributed by atoms with E-state index in [1.165, 1.54) is 30.3 Å². The summed E-state index contributed by atoms with van der Waals surface area (Å²) in [5.74, 6) is -0.422. The van der Waals surface area contributed by atoms with Gasteiger partial charge in [-0.2, -0.15) is 8.42 Å². The summed E-state index contributed by atoms with van der Waals surface area (Å²) in [6, 6.07) is 7.84. The monoisotopic (exact) mass is 387 g/mol. The molecule has 9 nitrogen and oxygen atoms in total. The van der Waals surface area contributed by atoms with Gasteiger partial charge in [-0.1, -0.05) is 0 Å². The molecule has 2 rings (SSSR count). The second-order valence-corrected chi connectivity index (χ2v) is 8.64. The Kier molecular flexibility index (Phi) is 5.23. The highest BCUT2D eigenvalue weighted by atomic mass is 32.2. The molecule has 2 aromatic rings. The van der Waals surface area contributed by atoms with Gasteiger partial charge in [0.05, 0.1) is 34.3 Å². The fourth-order valence-electron chi connectivity index (χ4n) is 2.08. The van der Waals surface area contributed by atoms with Crippen molar-refractivity contribution >= 4 is 42.7 Å².